The normalized spacial score (nSPS) is 15.3. The summed E-state index contributed by atoms with van der Waals surface area (Å²) in [6, 6.07) is 0. The van der Waals surface area contributed by atoms with Gasteiger partial charge in [-0.2, -0.15) is 4.58 Å². The largest absolute Gasteiger partial charge is 0.699 e. The van der Waals surface area contributed by atoms with E-state index in [4.69, 9.17) is 14.4 Å². The molecule has 62 valence electrons. The number of rotatable bonds is 4. The van der Waals surface area contributed by atoms with Crippen LogP contribution in [0, 0.1) is 0 Å². The molecule has 7 heteroatoms. The number of hydrogen-bond donors (Lipinski definition) is 3. The second kappa shape index (κ2) is 3.98. The topological polar surface area (TPSA) is 88.4 Å². The van der Waals surface area contributed by atoms with Crippen molar-refractivity contribution < 1.29 is 28.6 Å². The molecule has 6 nitrogen and oxygen atoms in total. The van der Waals surface area contributed by atoms with E-state index in [0.717, 1.165) is 0 Å². The highest BCUT2D eigenvalue weighted by molar-refractivity contribution is 6.48. The van der Waals surface area contributed by atoms with Gasteiger partial charge in [-0.3, -0.25) is 0 Å². The second-order valence-electron chi connectivity index (χ2n) is 1.56. The van der Waals surface area contributed by atoms with E-state index in [2.05, 4.69) is 14.2 Å². The monoisotopic (exact) mass is 170 g/mol. The molecule has 0 rings (SSSR count). The Morgan fingerprint density at radius 3 is 2.10 bits per heavy atom. The van der Waals surface area contributed by atoms with Gasteiger partial charge in [-0.1, -0.05) is 0 Å². The van der Waals surface area contributed by atoms with Crippen LogP contribution in [0.1, 0.15) is 6.92 Å². The van der Waals surface area contributed by atoms with E-state index >= 15 is 0 Å². The molecule has 0 fully saturated rings. The molecular weight excluding hydrogens is 160 g/mol. The lowest BCUT2D eigenvalue weighted by Crippen LogP contribution is -2.40. The molecule has 0 saturated carbocycles. The Morgan fingerprint density at radius 2 is 1.80 bits per heavy atom. The zero-order valence-corrected chi connectivity index (χ0v) is 6.64. The van der Waals surface area contributed by atoms with Crippen molar-refractivity contribution in [3.8, 4) is 0 Å². The summed E-state index contributed by atoms with van der Waals surface area (Å²) in [5.41, 5.74) is 0. The molecule has 10 heavy (non-hydrogen) atoms. The van der Waals surface area contributed by atoms with Crippen LogP contribution in [0.3, 0.4) is 0 Å². The molecule has 0 bridgehead atoms. The van der Waals surface area contributed by atoms with Crippen molar-refractivity contribution in [2.24, 2.45) is 0 Å². The first-order valence-electron chi connectivity index (χ1n) is 2.50. The van der Waals surface area contributed by atoms with E-state index in [0.29, 0.717) is 0 Å². The molecule has 0 aliphatic rings. The maximum atomic E-state index is 8.21. The molecule has 3 N–H and O–H groups in total. The Balaban J connectivity index is 3.36. The zero-order valence-electron chi connectivity index (χ0n) is 5.64. The number of hydrogen-bond acceptors (Lipinski definition) is 6. The fourth-order valence-corrected chi connectivity index (χ4v) is 0.436. The van der Waals surface area contributed by atoms with E-state index in [1.54, 1.807) is 0 Å². The SMILES string of the molecule is COC(C)OO[Si](O)(O)O. The molecule has 0 aliphatic heterocycles. The summed E-state index contributed by atoms with van der Waals surface area (Å²) in [5.74, 6) is 0. The quantitative estimate of drug-likeness (QED) is 0.202. The number of methoxy groups -OCH3 is 1. The van der Waals surface area contributed by atoms with Gasteiger partial charge < -0.3 is 19.1 Å². The van der Waals surface area contributed by atoms with Gasteiger partial charge in [-0.05, 0) is 6.92 Å². The highest BCUT2D eigenvalue weighted by Crippen LogP contribution is 1.96. The average Bonchev–Trinajstić information content (AvgIpc) is 1.81. The summed E-state index contributed by atoms with van der Waals surface area (Å²) < 4.78 is 8.25. The molecule has 0 aromatic heterocycles. The summed E-state index contributed by atoms with van der Waals surface area (Å²) in [7, 11) is -3.20. The highest BCUT2D eigenvalue weighted by Gasteiger charge is 2.33. The van der Waals surface area contributed by atoms with Crippen molar-refractivity contribution in [3.05, 3.63) is 0 Å². The fraction of sp³-hybridized carbons (Fsp3) is 1.00. The van der Waals surface area contributed by atoms with Gasteiger partial charge in [0.15, 0.2) is 6.29 Å². The van der Waals surface area contributed by atoms with E-state index < -0.39 is 15.3 Å². The zero-order chi connectivity index (χ0) is 8.20. The molecule has 1 atom stereocenters. The lowest BCUT2D eigenvalue weighted by Gasteiger charge is -2.12. The fourth-order valence-electron chi connectivity index (χ4n) is 0.172. The van der Waals surface area contributed by atoms with Gasteiger partial charge in [0.2, 0.25) is 0 Å². The summed E-state index contributed by atoms with van der Waals surface area (Å²) in [6.45, 7) is 1.46. The Bertz CT molecular complexity index is 89.5. The van der Waals surface area contributed by atoms with Gasteiger partial charge >= 0.3 is 9.05 Å². The standard InChI is InChI=1S/C3H10O6Si/c1-3(7-2)8-9-10(4,5)6/h3-6H,1-2H3. The molecular formula is C3H10O6Si. The molecule has 0 aliphatic carbocycles. The van der Waals surface area contributed by atoms with Gasteiger partial charge in [0.25, 0.3) is 0 Å². The van der Waals surface area contributed by atoms with Crippen LogP contribution in [-0.2, 0) is 14.2 Å². The van der Waals surface area contributed by atoms with Gasteiger partial charge in [-0.15, -0.1) is 0 Å². The maximum Gasteiger partial charge on any atom is 0.699 e. The molecule has 0 aromatic rings. The minimum atomic E-state index is -4.54. The summed E-state index contributed by atoms with van der Waals surface area (Å²) in [4.78, 5) is 28.8. The number of ether oxygens (including phenoxy) is 1. The van der Waals surface area contributed by atoms with Crippen molar-refractivity contribution in [1.29, 1.82) is 0 Å². The first kappa shape index (κ1) is 9.98. The molecule has 0 aromatic carbocycles. The van der Waals surface area contributed by atoms with Crippen LogP contribution in [0.25, 0.3) is 0 Å². The predicted molar refractivity (Wildman–Crippen MR) is 31.1 cm³/mol. The summed E-state index contributed by atoms with van der Waals surface area (Å²) >= 11 is 0. The first-order chi connectivity index (χ1) is 4.45. The van der Waals surface area contributed by atoms with Gasteiger partial charge in [0.1, 0.15) is 0 Å². The van der Waals surface area contributed by atoms with Gasteiger partial charge in [-0.25, -0.2) is 4.89 Å². The van der Waals surface area contributed by atoms with E-state index in [-0.39, 0.29) is 0 Å². The molecule has 0 heterocycles. The minimum Gasteiger partial charge on any atom is -0.366 e. The summed E-state index contributed by atoms with van der Waals surface area (Å²) in [6.07, 6.45) is -0.752. The third-order valence-corrected chi connectivity index (χ3v) is 0.947. The first-order valence-corrected chi connectivity index (χ1v) is 4.25. The molecule has 0 amide bonds. The lowest BCUT2D eigenvalue weighted by molar-refractivity contribution is -0.341. The Hall–Kier alpha value is -0.0231. The minimum absolute atomic E-state index is 0.752. The Labute approximate surface area is 59.0 Å². The third kappa shape index (κ3) is 6.10. The maximum absolute atomic E-state index is 8.21. The predicted octanol–water partition coefficient (Wildman–Crippen LogP) is -1.66. The third-order valence-electron chi connectivity index (χ3n) is 0.627. The molecule has 0 radical (unpaired) electrons. The highest BCUT2D eigenvalue weighted by atomic mass is 28.4. The van der Waals surface area contributed by atoms with Crippen LogP contribution < -0.4 is 0 Å². The Kier molecular flexibility index (Phi) is 3.97. The van der Waals surface area contributed by atoms with Crippen LogP contribution in [0.15, 0.2) is 0 Å². The van der Waals surface area contributed by atoms with Gasteiger partial charge in [0.05, 0.1) is 0 Å². The van der Waals surface area contributed by atoms with Gasteiger partial charge in [0, 0.05) is 7.11 Å². The van der Waals surface area contributed by atoms with Crippen LogP contribution in [-0.4, -0.2) is 36.8 Å². The van der Waals surface area contributed by atoms with Crippen molar-refractivity contribution in [1.82, 2.24) is 0 Å². The molecule has 0 spiro atoms. The van der Waals surface area contributed by atoms with E-state index in [1.165, 1.54) is 14.0 Å². The van der Waals surface area contributed by atoms with E-state index in [1.807, 2.05) is 0 Å². The average molecular weight is 170 g/mol. The van der Waals surface area contributed by atoms with Crippen LogP contribution >= 0.6 is 0 Å². The van der Waals surface area contributed by atoms with Crippen molar-refractivity contribution in [2.75, 3.05) is 7.11 Å². The molecule has 1 unspecified atom stereocenters. The summed E-state index contributed by atoms with van der Waals surface area (Å²) in [5, 5.41) is 0. The van der Waals surface area contributed by atoms with Crippen LogP contribution in [0.5, 0.6) is 0 Å². The lowest BCUT2D eigenvalue weighted by atomic mass is 10.8. The van der Waals surface area contributed by atoms with E-state index in [9.17, 15) is 0 Å². The van der Waals surface area contributed by atoms with Crippen molar-refractivity contribution in [3.63, 3.8) is 0 Å². The van der Waals surface area contributed by atoms with Crippen LogP contribution in [0.4, 0.5) is 0 Å². The molecule has 0 saturated heterocycles. The van der Waals surface area contributed by atoms with Crippen molar-refractivity contribution in [2.45, 2.75) is 13.2 Å². The smallest absolute Gasteiger partial charge is 0.366 e. The Morgan fingerprint density at radius 1 is 1.30 bits per heavy atom. The van der Waals surface area contributed by atoms with Crippen molar-refractivity contribution >= 4 is 9.05 Å². The van der Waals surface area contributed by atoms with Crippen LogP contribution in [0.2, 0.25) is 0 Å². The second-order valence-corrected chi connectivity index (χ2v) is 2.87.